The van der Waals surface area contributed by atoms with Gasteiger partial charge in [-0.1, -0.05) is 165 Å². The Bertz CT molecular complexity index is 1280. The number of hydrogen-bond acceptors (Lipinski definition) is 13. The molecule has 65 heavy (non-hydrogen) atoms. The van der Waals surface area contributed by atoms with Gasteiger partial charge in [0.1, 0.15) is 48.8 Å². The van der Waals surface area contributed by atoms with Crippen molar-refractivity contribution in [3.63, 3.8) is 0 Å². The number of hydrogen-bond donors (Lipinski definition) is 9. The predicted octanol–water partition coefficient (Wildman–Crippen LogP) is 6.49. The molecule has 12 atom stereocenters. The van der Waals surface area contributed by atoms with Gasteiger partial charge in [0, 0.05) is 6.42 Å². The average molecular weight is 926 g/mol. The number of allylic oxidation sites excluding steroid dienone is 8. The number of nitrogens with one attached hydrogen (secondary N) is 1. The zero-order valence-electron chi connectivity index (χ0n) is 40.0. The van der Waals surface area contributed by atoms with Crippen molar-refractivity contribution >= 4 is 5.91 Å². The third-order valence-corrected chi connectivity index (χ3v) is 12.3. The first kappa shape index (κ1) is 59.1. The van der Waals surface area contributed by atoms with Crippen LogP contribution in [0.25, 0.3) is 0 Å². The van der Waals surface area contributed by atoms with Crippen LogP contribution in [0.4, 0.5) is 0 Å². The van der Waals surface area contributed by atoms with Crippen LogP contribution in [0, 0.1) is 0 Å². The van der Waals surface area contributed by atoms with Gasteiger partial charge in [-0.25, -0.2) is 0 Å². The molecule has 0 aromatic carbocycles. The van der Waals surface area contributed by atoms with Gasteiger partial charge in [-0.05, 0) is 51.4 Å². The minimum Gasteiger partial charge on any atom is -0.394 e. The van der Waals surface area contributed by atoms with Crippen molar-refractivity contribution in [3.8, 4) is 0 Å². The summed E-state index contributed by atoms with van der Waals surface area (Å²) >= 11 is 0. The molecule has 0 aliphatic carbocycles. The highest BCUT2D eigenvalue weighted by Crippen LogP contribution is 2.30. The summed E-state index contributed by atoms with van der Waals surface area (Å²) in [6, 6.07) is -0.829. The minimum absolute atomic E-state index is 0.217. The van der Waals surface area contributed by atoms with E-state index in [4.69, 9.17) is 18.9 Å². The second kappa shape index (κ2) is 37.9. The zero-order valence-corrected chi connectivity index (χ0v) is 40.0. The van der Waals surface area contributed by atoms with Crippen molar-refractivity contribution in [2.75, 3.05) is 19.8 Å². The summed E-state index contributed by atoms with van der Waals surface area (Å²) in [6.45, 7) is 2.68. The molecule has 2 fully saturated rings. The first-order chi connectivity index (χ1) is 31.6. The first-order valence-corrected chi connectivity index (χ1v) is 25.4. The van der Waals surface area contributed by atoms with Crippen LogP contribution in [0.3, 0.4) is 0 Å². The third kappa shape index (κ3) is 25.2. The second-order valence-corrected chi connectivity index (χ2v) is 17.9. The van der Waals surface area contributed by atoms with Crippen LogP contribution in [0.5, 0.6) is 0 Å². The highest BCUT2D eigenvalue weighted by molar-refractivity contribution is 5.76. The number of aliphatic hydroxyl groups excluding tert-OH is 8. The zero-order chi connectivity index (χ0) is 47.5. The van der Waals surface area contributed by atoms with E-state index in [0.717, 1.165) is 83.5 Å². The lowest BCUT2D eigenvalue weighted by atomic mass is 9.97. The molecule has 12 unspecified atom stereocenters. The van der Waals surface area contributed by atoms with Gasteiger partial charge in [-0.2, -0.15) is 0 Å². The Morgan fingerprint density at radius 2 is 1.06 bits per heavy atom. The average Bonchev–Trinajstić information content (AvgIpc) is 3.30. The third-order valence-electron chi connectivity index (χ3n) is 12.3. The molecule has 2 saturated heterocycles. The Morgan fingerprint density at radius 3 is 1.63 bits per heavy atom. The van der Waals surface area contributed by atoms with Gasteiger partial charge < -0.3 is 65.1 Å². The Hall–Kier alpha value is -2.05. The van der Waals surface area contributed by atoms with Crippen molar-refractivity contribution in [1.82, 2.24) is 5.32 Å². The highest BCUT2D eigenvalue weighted by Gasteiger charge is 2.51. The van der Waals surface area contributed by atoms with E-state index in [-0.39, 0.29) is 12.5 Å². The van der Waals surface area contributed by atoms with Gasteiger partial charge in [-0.3, -0.25) is 4.79 Å². The van der Waals surface area contributed by atoms with Gasteiger partial charge >= 0.3 is 0 Å². The Labute approximate surface area is 391 Å². The largest absolute Gasteiger partial charge is 0.394 e. The van der Waals surface area contributed by atoms with E-state index in [1.165, 1.54) is 64.2 Å². The molecule has 378 valence electrons. The fraction of sp³-hybridized carbons (Fsp3) is 0.824. The van der Waals surface area contributed by atoms with E-state index in [2.05, 4.69) is 67.8 Å². The highest BCUT2D eigenvalue weighted by atomic mass is 16.7. The van der Waals surface area contributed by atoms with Crippen molar-refractivity contribution in [2.24, 2.45) is 0 Å². The number of carbonyl (C=O) groups is 1. The van der Waals surface area contributed by atoms with Crippen LogP contribution >= 0.6 is 0 Å². The standard InChI is InChI=1S/C51H91NO13/c1-3-5-7-9-11-13-14-15-16-17-18-19-20-21-22-23-24-25-26-27-29-31-33-35-43(56)52-39(40(55)34-32-30-28-12-10-8-6-4-2)38-62-50-48(61)46(59)49(42(37-54)64-50)65-51-47(60)45(58)44(57)41(36-53)63-51/h5,7,11,13,15-16,18-19,39-42,44-51,53-55,57-61H,3-4,6,8-10,12,14,17,20-38H2,1-2H3,(H,52,56)/b7-5-,13-11-,16-15-,19-18-. The maximum atomic E-state index is 13.1. The van der Waals surface area contributed by atoms with E-state index in [9.17, 15) is 45.6 Å². The molecule has 14 nitrogen and oxygen atoms in total. The van der Waals surface area contributed by atoms with E-state index in [0.29, 0.717) is 12.8 Å². The number of aliphatic hydroxyl groups is 8. The lowest BCUT2D eigenvalue weighted by Gasteiger charge is -2.46. The van der Waals surface area contributed by atoms with Gasteiger partial charge in [0.15, 0.2) is 12.6 Å². The monoisotopic (exact) mass is 926 g/mol. The lowest BCUT2D eigenvalue weighted by molar-refractivity contribution is -0.359. The number of carbonyl (C=O) groups excluding carboxylic acids is 1. The number of unbranched alkanes of at least 4 members (excludes halogenated alkanes) is 17. The first-order valence-electron chi connectivity index (χ1n) is 25.4. The Balaban J connectivity index is 1.74. The summed E-state index contributed by atoms with van der Waals surface area (Å²) in [6.07, 6.45) is 27.1. The summed E-state index contributed by atoms with van der Waals surface area (Å²) in [4.78, 5) is 13.1. The van der Waals surface area contributed by atoms with Crippen molar-refractivity contribution < 1.29 is 64.6 Å². The topological polar surface area (TPSA) is 228 Å². The van der Waals surface area contributed by atoms with E-state index < -0.39 is 86.8 Å². The lowest BCUT2D eigenvalue weighted by Crippen LogP contribution is -2.65. The van der Waals surface area contributed by atoms with Crippen LogP contribution in [0.15, 0.2) is 48.6 Å². The van der Waals surface area contributed by atoms with Gasteiger partial charge in [0.05, 0.1) is 32.0 Å². The Kier molecular flexibility index (Phi) is 34.4. The van der Waals surface area contributed by atoms with Crippen molar-refractivity contribution in [1.29, 1.82) is 0 Å². The molecular formula is C51H91NO13. The number of amides is 1. The second-order valence-electron chi connectivity index (χ2n) is 17.9. The Morgan fingerprint density at radius 1 is 0.569 bits per heavy atom. The maximum Gasteiger partial charge on any atom is 0.220 e. The van der Waals surface area contributed by atoms with Crippen LogP contribution in [0.2, 0.25) is 0 Å². The summed E-state index contributed by atoms with van der Waals surface area (Å²) < 4.78 is 22.7. The number of ether oxygens (including phenoxy) is 4. The summed E-state index contributed by atoms with van der Waals surface area (Å²) in [7, 11) is 0. The summed E-state index contributed by atoms with van der Waals surface area (Å²) in [5.41, 5.74) is 0. The van der Waals surface area contributed by atoms with E-state index in [1.807, 2.05) is 0 Å². The van der Waals surface area contributed by atoms with Crippen LogP contribution in [0.1, 0.15) is 174 Å². The molecule has 2 aliphatic heterocycles. The normalized spacial score (nSPS) is 27.4. The molecule has 0 aromatic rings. The number of rotatable bonds is 38. The molecule has 14 heteroatoms. The molecule has 9 N–H and O–H groups in total. The molecule has 0 radical (unpaired) electrons. The molecule has 0 aromatic heterocycles. The smallest absolute Gasteiger partial charge is 0.220 e. The molecule has 0 saturated carbocycles. The quantitative estimate of drug-likeness (QED) is 0.0239. The SMILES string of the molecule is CC/C=C\C/C=C\C/C=C\C/C=C\CCCCCCCCCCCCC(=O)NC(COC1OC(CO)C(OC2OC(CO)C(O)C(O)C2O)C(O)C1O)C(O)CCCCCCCCCC. The molecule has 0 bridgehead atoms. The van der Waals surface area contributed by atoms with Crippen LogP contribution < -0.4 is 5.32 Å². The van der Waals surface area contributed by atoms with Crippen molar-refractivity contribution in [3.05, 3.63) is 48.6 Å². The maximum absolute atomic E-state index is 13.1. The van der Waals surface area contributed by atoms with Crippen LogP contribution in [-0.2, 0) is 23.7 Å². The molecule has 2 aliphatic rings. The van der Waals surface area contributed by atoms with Crippen LogP contribution in [-0.4, -0.2) is 140 Å². The van der Waals surface area contributed by atoms with Crippen molar-refractivity contribution in [2.45, 2.75) is 248 Å². The van der Waals surface area contributed by atoms with E-state index >= 15 is 0 Å². The molecule has 1 amide bonds. The summed E-state index contributed by atoms with van der Waals surface area (Å²) in [5, 5.41) is 86.6. The molecular weight excluding hydrogens is 835 g/mol. The van der Waals surface area contributed by atoms with E-state index in [1.54, 1.807) is 0 Å². The summed E-state index contributed by atoms with van der Waals surface area (Å²) in [5.74, 6) is -0.217. The predicted molar refractivity (Wildman–Crippen MR) is 254 cm³/mol. The van der Waals surface area contributed by atoms with Gasteiger partial charge in [-0.15, -0.1) is 0 Å². The van der Waals surface area contributed by atoms with Gasteiger partial charge in [0.2, 0.25) is 5.91 Å². The van der Waals surface area contributed by atoms with Gasteiger partial charge in [0.25, 0.3) is 0 Å². The molecule has 2 heterocycles. The molecule has 0 spiro atoms. The minimum atomic E-state index is -1.78. The fourth-order valence-corrected chi connectivity index (χ4v) is 8.17. The molecule has 2 rings (SSSR count). The fourth-order valence-electron chi connectivity index (χ4n) is 8.17.